The van der Waals surface area contributed by atoms with Crippen molar-refractivity contribution in [1.29, 1.82) is 0 Å². The first-order valence-electron chi connectivity index (χ1n) is 19.4. The van der Waals surface area contributed by atoms with Gasteiger partial charge in [0.1, 0.15) is 0 Å². The Kier molecular flexibility index (Phi) is 7.47. The van der Waals surface area contributed by atoms with Gasteiger partial charge in [-0.15, -0.1) is 0 Å². The molecule has 0 atom stereocenters. The molecule has 0 aromatic heterocycles. The summed E-state index contributed by atoms with van der Waals surface area (Å²) in [6.45, 7) is 0. The molecule has 9 aromatic rings. The number of anilines is 3. The lowest BCUT2D eigenvalue weighted by Crippen LogP contribution is -2.25. The van der Waals surface area contributed by atoms with Gasteiger partial charge >= 0.3 is 0 Å². The van der Waals surface area contributed by atoms with E-state index < -0.39 is 0 Å². The van der Waals surface area contributed by atoms with Crippen LogP contribution in [0.5, 0.6) is 0 Å². The van der Waals surface area contributed by atoms with Crippen LogP contribution in [0.25, 0.3) is 55.6 Å². The summed E-state index contributed by atoms with van der Waals surface area (Å²) in [6, 6.07) is 82.3. The molecule has 9 aromatic carbocycles. The predicted molar refractivity (Wildman–Crippen MR) is 234 cm³/mol. The highest BCUT2D eigenvalue weighted by molar-refractivity contribution is 5.96. The van der Waals surface area contributed by atoms with Crippen LogP contribution < -0.4 is 4.90 Å². The van der Waals surface area contributed by atoms with E-state index in [4.69, 9.17) is 0 Å². The molecular formula is C55H37N. The summed E-state index contributed by atoms with van der Waals surface area (Å²) < 4.78 is 0. The molecule has 0 amide bonds. The molecule has 0 fully saturated rings. The van der Waals surface area contributed by atoms with E-state index in [-0.39, 0.29) is 5.41 Å². The number of benzene rings is 9. The van der Waals surface area contributed by atoms with Crippen molar-refractivity contribution in [3.63, 3.8) is 0 Å². The van der Waals surface area contributed by atoms with Crippen LogP contribution in [0, 0.1) is 0 Å². The predicted octanol–water partition coefficient (Wildman–Crippen LogP) is 14.5. The van der Waals surface area contributed by atoms with Crippen LogP contribution in [0.15, 0.2) is 224 Å². The fraction of sp³-hybridized carbons (Fsp3) is 0.0182. The average molecular weight is 712 g/mol. The van der Waals surface area contributed by atoms with Crippen LogP contribution in [0.4, 0.5) is 17.1 Å². The maximum Gasteiger partial charge on any atom is 0.0725 e. The van der Waals surface area contributed by atoms with Crippen molar-refractivity contribution < 1.29 is 0 Å². The van der Waals surface area contributed by atoms with Crippen molar-refractivity contribution in [3.05, 3.63) is 247 Å². The molecule has 11 rings (SSSR count). The molecule has 262 valence electrons. The molecule has 0 saturated heterocycles. The minimum Gasteiger partial charge on any atom is -0.310 e. The van der Waals surface area contributed by atoms with Crippen LogP contribution in [-0.4, -0.2) is 0 Å². The van der Waals surface area contributed by atoms with Crippen molar-refractivity contribution in [2.45, 2.75) is 5.41 Å². The molecule has 0 unspecified atom stereocenters. The zero-order valence-electron chi connectivity index (χ0n) is 30.8. The maximum atomic E-state index is 2.42. The van der Waals surface area contributed by atoms with Gasteiger partial charge in [-0.3, -0.25) is 0 Å². The van der Waals surface area contributed by atoms with Gasteiger partial charge < -0.3 is 4.90 Å². The lowest BCUT2D eigenvalue weighted by atomic mass is 9.70. The van der Waals surface area contributed by atoms with Gasteiger partial charge in [-0.2, -0.15) is 0 Å². The van der Waals surface area contributed by atoms with Crippen molar-refractivity contribution >= 4 is 17.1 Å². The van der Waals surface area contributed by atoms with Crippen LogP contribution >= 0.6 is 0 Å². The van der Waals surface area contributed by atoms with E-state index >= 15 is 0 Å². The van der Waals surface area contributed by atoms with Crippen LogP contribution in [0.3, 0.4) is 0 Å². The molecule has 0 heterocycles. The van der Waals surface area contributed by atoms with Crippen molar-refractivity contribution in [1.82, 2.24) is 0 Å². The highest BCUT2D eigenvalue weighted by Crippen LogP contribution is 2.63. The quantitative estimate of drug-likeness (QED) is 0.166. The molecule has 1 nitrogen and oxygen atoms in total. The maximum absolute atomic E-state index is 2.42. The average Bonchev–Trinajstić information content (AvgIpc) is 3.75. The summed E-state index contributed by atoms with van der Waals surface area (Å²) in [4.78, 5) is 2.40. The van der Waals surface area contributed by atoms with Crippen LogP contribution in [-0.2, 0) is 5.41 Å². The molecule has 0 aliphatic heterocycles. The van der Waals surface area contributed by atoms with E-state index in [0.717, 1.165) is 17.1 Å². The summed E-state index contributed by atoms with van der Waals surface area (Å²) in [6.07, 6.45) is 0. The minimum atomic E-state index is -0.364. The minimum absolute atomic E-state index is 0.364. The van der Waals surface area contributed by atoms with Gasteiger partial charge in [-0.05, 0) is 114 Å². The molecule has 1 heteroatoms. The van der Waals surface area contributed by atoms with E-state index in [1.54, 1.807) is 0 Å². The third-order valence-corrected chi connectivity index (χ3v) is 11.9. The molecule has 2 aliphatic rings. The smallest absolute Gasteiger partial charge is 0.0725 e. The molecular weight excluding hydrogens is 675 g/mol. The highest BCUT2D eigenvalue weighted by Gasteiger charge is 2.51. The molecule has 0 bridgehead atoms. The van der Waals surface area contributed by atoms with E-state index in [9.17, 15) is 0 Å². The second kappa shape index (κ2) is 13.0. The first kappa shape index (κ1) is 32.2. The lowest BCUT2D eigenvalue weighted by molar-refractivity contribution is 0.794. The van der Waals surface area contributed by atoms with E-state index in [0.29, 0.717) is 0 Å². The van der Waals surface area contributed by atoms with Gasteiger partial charge in [-0.25, -0.2) is 0 Å². The topological polar surface area (TPSA) is 3.24 Å². The third-order valence-electron chi connectivity index (χ3n) is 11.9. The number of fused-ring (bicyclic) bond motifs is 10. The Morgan fingerprint density at radius 3 is 0.964 bits per heavy atom. The monoisotopic (exact) mass is 711 g/mol. The van der Waals surface area contributed by atoms with Gasteiger partial charge in [-0.1, -0.05) is 188 Å². The standard InChI is InChI=1S/C55H37N/c1-3-13-38(14-4-1)40-23-25-41(26-24-40)43-29-33-45(34-30-43)56(44-31-27-42(28-32-44)39-15-5-2-6-16-39)46-35-36-54-50(37-46)49-19-9-12-22-53(49)55(54)51-20-10-7-17-47(51)48-18-8-11-21-52(48)55/h1-37H. The fourth-order valence-corrected chi connectivity index (χ4v) is 9.40. The van der Waals surface area contributed by atoms with Crippen molar-refractivity contribution in [2.24, 2.45) is 0 Å². The third kappa shape index (κ3) is 4.95. The first-order chi connectivity index (χ1) is 27.8. The summed E-state index contributed by atoms with van der Waals surface area (Å²) in [7, 11) is 0. The van der Waals surface area contributed by atoms with Gasteiger partial charge in [0, 0.05) is 17.1 Å². The van der Waals surface area contributed by atoms with Gasteiger partial charge in [0.15, 0.2) is 0 Å². The number of rotatable bonds is 6. The lowest BCUT2D eigenvalue weighted by Gasteiger charge is -2.31. The number of hydrogen-bond donors (Lipinski definition) is 0. The van der Waals surface area contributed by atoms with E-state index in [1.165, 1.54) is 77.9 Å². The Balaban J connectivity index is 1.04. The van der Waals surface area contributed by atoms with E-state index in [2.05, 4.69) is 229 Å². The largest absolute Gasteiger partial charge is 0.310 e. The Hall–Kier alpha value is -7.22. The zero-order valence-corrected chi connectivity index (χ0v) is 30.8. The Morgan fingerprint density at radius 2 is 0.536 bits per heavy atom. The SMILES string of the molecule is c1ccc(-c2ccc(-c3ccc(N(c4ccc(-c5ccccc5)cc4)c4ccc5c(c4)-c4ccccc4C54c5ccccc5-c5ccccc54)cc3)cc2)cc1. The molecule has 2 aliphatic carbocycles. The Labute approximate surface area is 328 Å². The Bertz CT molecular complexity index is 2830. The molecule has 0 saturated carbocycles. The second-order valence-electron chi connectivity index (χ2n) is 14.9. The fourth-order valence-electron chi connectivity index (χ4n) is 9.40. The zero-order chi connectivity index (χ0) is 37.1. The number of hydrogen-bond acceptors (Lipinski definition) is 1. The van der Waals surface area contributed by atoms with E-state index in [1.807, 2.05) is 0 Å². The molecule has 0 N–H and O–H groups in total. The number of nitrogens with zero attached hydrogens (tertiary/aromatic N) is 1. The summed E-state index contributed by atoms with van der Waals surface area (Å²) >= 11 is 0. The van der Waals surface area contributed by atoms with Crippen molar-refractivity contribution in [3.8, 4) is 55.6 Å². The molecule has 1 spiro atoms. The summed E-state index contributed by atoms with van der Waals surface area (Å²) in [5, 5.41) is 0. The van der Waals surface area contributed by atoms with Gasteiger partial charge in [0.25, 0.3) is 0 Å². The molecule has 0 radical (unpaired) electrons. The van der Waals surface area contributed by atoms with Gasteiger partial charge in [0.05, 0.1) is 5.41 Å². The van der Waals surface area contributed by atoms with Crippen LogP contribution in [0.1, 0.15) is 22.3 Å². The first-order valence-corrected chi connectivity index (χ1v) is 19.4. The normalized spacial score (nSPS) is 12.8. The second-order valence-corrected chi connectivity index (χ2v) is 14.9. The van der Waals surface area contributed by atoms with Crippen LogP contribution in [0.2, 0.25) is 0 Å². The van der Waals surface area contributed by atoms with Crippen molar-refractivity contribution in [2.75, 3.05) is 4.90 Å². The summed E-state index contributed by atoms with van der Waals surface area (Å²) in [5.41, 5.74) is 20.9. The van der Waals surface area contributed by atoms with Gasteiger partial charge in [0.2, 0.25) is 0 Å². The Morgan fingerprint density at radius 1 is 0.232 bits per heavy atom. The summed E-state index contributed by atoms with van der Waals surface area (Å²) in [5.74, 6) is 0. The highest BCUT2D eigenvalue weighted by atomic mass is 15.1. The molecule has 56 heavy (non-hydrogen) atoms.